The van der Waals surface area contributed by atoms with Crippen LogP contribution in [0.5, 0.6) is 5.88 Å². The van der Waals surface area contributed by atoms with Gasteiger partial charge in [0.05, 0.1) is 12.1 Å². The van der Waals surface area contributed by atoms with E-state index < -0.39 is 21.1 Å². The van der Waals surface area contributed by atoms with Crippen molar-refractivity contribution in [3.05, 3.63) is 23.0 Å². The number of hydrogen-bond donors (Lipinski definition) is 2. The van der Waals surface area contributed by atoms with Gasteiger partial charge in [-0.05, 0) is 6.92 Å². The average molecular weight is 361 g/mol. The van der Waals surface area contributed by atoms with Crippen molar-refractivity contribution in [2.75, 3.05) is 12.4 Å². The maximum absolute atomic E-state index is 12.1. The molecule has 2 amide bonds. The molecule has 0 bridgehead atoms. The van der Waals surface area contributed by atoms with Gasteiger partial charge in [0, 0.05) is 25.0 Å². The number of sulfonamides is 1. The smallest absolute Gasteiger partial charge is 0.335 e. The molecule has 10 nitrogen and oxygen atoms in total. The van der Waals surface area contributed by atoms with Crippen LogP contribution in [0.1, 0.15) is 5.69 Å². The first-order chi connectivity index (χ1) is 10.7. The van der Waals surface area contributed by atoms with Crippen LogP contribution in [0.3, 0.4) is 0 Å². The van der Waals surface area contributed by atoms with Crippen LogP contribution in [-0.2, 0) is 17.1 Å². The Morgan fingerprint density at radius 1 is 1.39 bits per heavy atom. The number of ether oxygens (including phenoxy) is 1. The fourth-order valence-electron chi connectivity index (χ4n) is 1.62. The largest absolute Gasteiger partial charge is 0.481 e. The molecule has 0 aliphatic heterocycles. The lowest BCUT2D eigenvalue weighted by Crippen LogP contribution is -2.35. The average Bonchev–Trinajstić information content (AvgIpc) is 2.77. The molecule has 2 heterocycles. The first kappa shape index (κ1) is 17.0. The van der Waals surface area contributed by atoms with Crippen LogP contribution in [0.15, 0.2) is 17.3 Å². The zero-order valence-corrected chi connectivity index (χ0v) is 13.9. The highest BCUT2D eigenvalue weighted by Crippen LogP contribution is 2.18. The highest BCUT2D eigenvalue weighted by Gasteiger charge is 2.24. The summed E-state index contributed by atoms with van der Waals surface area (Å²) in [5.74, 6) is 0.116. The molecular weight excluding hydrogens is 348 g/mol. The lowest BCUT2D eigenvalue weighted by atomic mass is 10.4. The summed E-state index contributed by atoms with van der Waals surface area (Å²) in [5.41, 5.74) is 0.530. The van der Waals surface area contributed by atoms with Gasteiger partial charge in [0.1, 0.15) is 0 Å². The third kappa shape index (κ3) is 4.07. The Morgan fingerprint density at radius 3 is 2.65 bits per heavy atom. The minimum atomic E-state index is -4.23. The van der Waals surface area contributed by atoms with E-state index in [2.05, 4.69) is 20.4 Å². The molecule has 0 radical (unpaired) electrons. The number of halogens is 1. The van der Waals surface area contributed by atoms with Crippen molar-refractivity contribution in [3.63, 3.8) is 0 Å². The molecule has 0 atom stereocenters. The zero-order chi connectivity index (χ0) is 17.2. The molecule has 2 N–H and O–H groups in total. The number of methoxy groups -OCH3 is 1. The number of carbonyl (C=O) groups is 1. The number of nitrogens with one attached hydrogen (secondary N) is 2. The molecule has 23 heavy (non-hydrogen) atoms. The van der Waals surface area contributed by atoms with Crippen molar-refractivity contribution in [1.29, 1.82) is 0 Å². The number of urea groups is 1. The van der Waals surface area contributed by atoms with E-state index in [0.717, 1.165) is 0 Å². The first-order valence-electron chi connectivity index (χ1n) is 6.14. The Labute approximate surface area is 136 Å². The van der Waals surface area contributed by atoms with Gasteiger partial charge in [-0.1, -0.05) is 11.6 Å². The van der Waals surface area contributed by atoms with E-state index in [0.29, 0.717) is 5.69 Å². The zero-order valence-electron chi connectivity index (χ0n) is 12.4. The molecule has 12 heteroatoms. The van der Waals surface area contributed by atoms with E-state index in [1.54, 1.807) is 17.7 Å². The van der Waals surface area contributed by atoms with Crippen LogP contribution in [0.4, 0.5) is 10.7 Å². The van der Waals surface area contributed by atoms with E-state index in [1.807, 2.05) is 0 Å². The van der Waals surface area contributed by atoms with Crippen LogP contribution in [0.25, 0.3) is 0 Å². The van der Waals surface area contributed by atoms with Gasteiger partial charge < -0.3 is 4.74 Å². The van der Waals surface area contributed by atoms with Crippen LogP contribution in [0, 0.1) is 6.92 Å². The van der Waals surface area contributed by atoms with Crippen LogP contribution >= 0.6 is 11.6 Å². The van der Waals surface area contributed by atoms with Crippen LogP contribution in [-0.4, -0.2) is 41.3 Å². The third-order valence-corrected chi connectivity index (χ3v) is 4.15. The molecule has 2 rings (SSSR count). The molecule has 0 aliphatic rings. The summed E-state index contributed by atoms with van der Waals surface area (Å²) in [5, 5.41) is 5.32. The molecule has 124 valence electrons. The van der Waals surface area contributed by atoms with Gasteiger partial charge in [-0.3, -0.25) is 10.00 Å². The Balaban J connectivity index is 2.16. The molecule has 0 aliphatic carbocycles. The van der Waals surface area contributed by atoms with Gasteiger partial charge in [-0.15, -0.1) is 0 Å². The number of carbonyl (C=O) groups excluding carboxylic acids is 1. The number of hydrogen-bond acceptors (Lipinski definition) is 7. The third-order valence-electron chi connectivity index (χ3n) is 2.50. The summed E-state index contributed by atoms with van der Waals surface area (Å²) in [6, 6.07) is 0.493. The summed E-state index contributed by atoms with van der Waals surface area (Å²) < 4.78 is 32.0. The number of anilines is 1. The van der Waals surface area contributed by atoms with Crippen molar-refractivity contribution >= 4 is 33.6 Å². The van der Waals surface area contributed by atoms with E-state index in [1.165, 1.54) is 25.0 Å². The summed E-state index contributed by atoms with van der Waals surface area (Å²) >= 11 is 5.76. The van der Waals surface area contributed by atoms with Crippen molar-refractivity contribution < 1.29 is 17.9 Å². The first-order valence-corrected chi connectivity index (χ1v) is 8.00. The van der Waals surface area contributed by atoms with Gasteiger partial charge >= 0.3 is 6.03 Å². The lowest BCUT2D eigenvalue weighted by molar-refractivity contribution is 0.256. The Hall–Kier alpha value is -2.40. The fourth-order valence-corrected chi connectivity index (χ4v) is 3.04. The summed E-state index contributed by atoms with van der Waals surface area (Å²) in [6.45, 7) is 1.66. The normalized spacial score (nSPS) is 11.1. The Bertz CT molecular complexity index is 850. The number of amides is 2. The molecule has 0 saturated heterocycles. The van der Waals surface area contributed by atoms with Gasteiger partial charge in [-0.2, -0.15) is 18.5 Å². The Morgan fingerprint density at radius 2 is 2.09 bits per heavy atom. The maximum Gasteiger partial charge on any atom is 0.335 e. The van der Waals surface area contributed by atoms with Crippen molar-refractivity contribution in [3.8, 4) is 5.88 Å². The minimum Gasteiger partial charge on any atom is -0.481 e. The molecule has 2 aromatic heterocycles. The van der Waals surface area contributed by atoms with Gasteiger partial charge in [0.15, 0.2) is 0 Å². The molecule has 0 fully saturated rings. The second-order valence-corrected chi connectivity index (χ2v) is 6.40. The van der Waals surface area contributed by atoms with Gasteiger partial charge in [0.2, 0.25) is 16.9 Å². The summed E-state index contributed by atoms with van der Waals surface area (Å²) in [7, 11) is -1.33. The van der Waals surface area contributed by atoms with Crippen molar-refractivity contribution in [1.82, 2.24) is 24.5 Å². The van der Waals surface area contributed by atoms with E-state index >= 15 is 0 Å². The topological polar surface area (TPSA) is 128 Å². The number of aryl methyl sites for hydroxylation is 2. The highest BCUT2D eigenvalue weighted by atomic mass is 35.5. The van der Waals surface area contributed by atoms with Gasteiger partial charge in [0.25, 0.3) is 10.0 Å². The second-order valence-electron chi connectivity index (χ2n) is 4.39. The SMILES string of the molecule is COc1cc(C)nc(NC(=O)NS(=O)(=O)c2nn(C)cc2Cl)n1. The Kier molecular flexibility index (Phi) is 4.71. The maximum atomic E-state index is 12.1. The van der Waals surface area contributed by atoms with E-state index in [-0.39, 0.29) is 16.9 Å². The van der Waals surface area contributed by atoms with E-state index in [9.17, 15) is 13.2 Å². The van der Waals surface area contributed by atoms with Crippen LogP contribution in [0.2, 0.25) is 5.02 Å². The quantitative estimate of drug-likeness (QED) is 0.820. The van der Waals surface area contributed by atoms with Gasteiger partial charge in [-0.25, -0.2) is 14.5 Å². The fraction of sp³-hybridized carbons (Fsp3) is 0.273. The summed E-state index contributed by atoms with van der Waals surface area (Å²) in [6.07, 6.45) is 1.29. The standard InChI is InChI=1S/C11H13ClN6O4S/c1-6-4-8(22-3)14-10(13-6)15-11(19)17-23(20,21)9-7(12)5-18(2)16-9/h4-5H,1-3H3,(H2,13,14,15,17,19). The number of rotatable bonds is 4. The highest BCUT2D eigenvalue weighted by molar-refractivity contribution is 7.90. The lowest BCUT2D eigenvalue weighted by Gasteiger charge is -2.08. The predicted molar refractivity (Wildman–Crippen MR) is 80.9 cm³/mol. The second kappa shape index (κ2) is 6.38. The summed E-state index contributed by atoms with van der Waals surface area (Å²) in [4.78, 5) is 19.6. The molecule has 0 saturated carbocycles. The molecule has 0 spiro atoms. The van der Waals surface area contributed by atoms with Crippen molar-refractivity contribution in [2.24, 2.45) is 7.05 Å². The monoisotopic (exact) mass is 360 g/mol. The molecule has 2 aromatic rings. The molecular formula is C11H13ClN6O4S. The predicted octanol–water partition coefficient (Wildman–Crippen LogP) is 0.691. The van der Waals surface area contributed by atoms with Crippen molar-refractivity contribution in [2.45, 2.75) is 11.9 Å². The minimum absolute atomic E-state index is 0.110. The number of nitrogens with zero attached hydrogens (tertiary/aromatic N) is 4. The number of aromatic nitrogens is 4. The van der Waals surface area contributed by atoms with Crippen LogP contribution < -0.4 is 14.8 Å². The molecule has 0 unspecified atom stereocenters. The van der Waals surface area contributed by atoms with E-state index in [4.69, 9.17) is 16.3 Å². The molecule has 0 aromatic carbocycles.